The maximum atomic E-state index is 13.7. The topological polar surface area (TPSA) is 58.6 Å². The van der Waals surface area contributed by atoms with Crippen molar-refractivity contribution in [3.63, 3.8) is 0 Å². The number of halogens is 1. The third kappa shape index (κ3) is 4.90. The molecule has 1 heterocycles. The fourth-order valence-electron chi connectivity index (χ4n) is 4.31. The van der Waals surface area contributed by atoms with Gasteiger partial charge in [-0.25, -0.2) is 4.39 Å². The van der Waals surface area contributed by atoms with Gasteiger partial charge in [0.1, 0.15) is 11.6 Å². The fourth-order valence-corrected chi connectivity index (χ4v) is 4.31. The summed E-state index contributed by atoms with van der Waals surface area (Å²) in [5, 5.41) is 3.01. The van der Waals surface area contributed by atoms with E-state index in [1.165, 1.54) is 17.7 Å². The summed E-state index contributed by atoms with van der Waals surface area (Å²) in [5.41, 5.74) is 3.27. The summed E-state index contributed by atoms with van der Waals surface area (Å²) in [7, 11) is 1.58. The molecular weight excluding hydrogens is 419 g/mol. The molecule has 2 amide bonds. The average Bonchev–Trinajstić information content (AvgIpc) is 2.85. The van der Waals surface area contributed by atoms with Crippen LogP contribution in [0.2, 0.25) is 0 Å². The van der Waals surface area contributed by atoms with Gasteiger partial charge in [-0.15, -0.1) is 0 Å². The van der Waals surface area contributed by atoms with Crippen LogP contribution in [0.4, 0.5) is 15.8 Å². The van der Waals surface area contributed by atoms with Crippen molar-refractivity contribution in [1.29, 1.82) is 0 Å². The molecular formula is C27H27FN2O3. The van der Waals surface area contributed by atoms with Gasteiger partial charge in [0.25, 0.3) is 0 Å². The average molecular weight is 447 g/mol. The van der Waals surface area contributed by atoms with Gasteiger partial charge < -0.3 is 15.0 Å². The number of amides is 2. The van der Waals surface area contributed by atoms with Gasteiger partial charge in [0.15, 0.2) is 0 Å². The second kappa shape index (κ2) is 9.86. The second-order valence-electron chi connectivity index (χ2n) is 8.14. The monoisotopic (exact) mass is 446 g/mol. The molecule has 6 heteroatoms. The summed E-state index contributed by atoms with van der Waals surface area (Å²) in [4.78, 5) is 28.2. The molecule has 0 radical (unpaired) electrons. The van der Waals surface area contributed by atoms with Crippen LogP contribution in [-0.4, -0.2) is 18.9 Å². The highest BCUT2D eigenvalue weighted by Crippen LogP contribution is 2.41. The van der Waals surface area contributed by atoms with Gasteiger partial charge in [-0.2, -0.15) is 0 Å². The van der Waals surface area contributed by atoms with Crippen LogP contribution in [0.15, 0.2) is 72.8 Å². The Kier molecular flexibility index (Phi) is 6.73. The first-order valence-corrected chi connectivity index (χ1v) is 11.1. The van der Waals surface area contributed by atoms with Crippen LogP contribution >= 0.6 is 0 Å². The molecule has 4 rings (SSSR count). The summed E-state index contributed by atoms with van der Waals surface area (Å²) in [6, 6.07) is 20.4. The van der Waals surface area contributed by atoms with Crippen molar-refractivity contribution in [3.05, 3.63) is 89.7 Å². The maximum absolute atomic E-state index is 13.7. The van der Waals surface area contributed by atoms with Crippen LogP contribution in [0.1, 0.15) is 36.9 Å². The molecule has 1 aliphatic heterocycles. The van der Waals surface area contributed by atoms with E-state index in [0.29, 0.717) is 29.1 Å². The lowest BCUT2D eigenvalue weighted by Gasteiger charge is -2.41. The summed E-state index contributed by atoms with van der Waals surface area (Å²) in [6.45, 7) is 2.08. The molecule has 3 aromatic rings. The van der Waals surface area contributed by atoms with Crippen molar-refractivity contribution in [2.24, 2.45) is 5.92 Å². The van der Waals surface area contributed by atoms with Crippen molar-refractivity contribution in [2.75, 3.05) is 17.3 Å². The first-order valence-electron chi connectivity index (χ1n) is 11.1. The van der Waals surface area contributed by atoms with E-state index in [1.807, 2.05) is 24.3 Å². The molecule has 0 spiro atoms. The molecule has 33 heavy (non-hydrogen) atoms. The van der Waals surface area contributed by atoms with Crippen LogP contribution in [-0.2, 0) is 16.0 Å². The van der Waals surface area contributed by atoms with Crippen molar-refractivity contribution in [1.82, 2.24) is 0 Å². The lowest BCUT2D eigenvalue weighted by molar-refractivity contribution is -0.125. The number of anilines is 2. The molecule has 1 fully saturated rings. The molecule has 1 N–H and O–H groups in total. The van der Waals surface area contributed by atoms with Gasteiger partial charge in [0.05, 0.1) is 19.1 Å². The molecule has 1 aliphatic rings. The van der Waals surface area contributed by atoms with E-state index in [-0.39, 0.29) is 24.1 Å². The van der Waals surface area contributed by atoms with Crippen LogP contribution in [0, 0.1) is 11.7 Å². The number of hydrogen-bond donors (Lipinski definition) is 1. The number of benzene rings is 3. The molecule has 5 nitrogen and oxygen atoms in total. The third-order valence-corrected chi connectivity index (χ3v) is 6.13. The van der Waals surface area contributed by atoms with E-state index in [4.69, 9.17) is 4.74 Å². The van der Waals surface area contributed by atoms with Gasteiger partial charge in [-0.3, -0.25) is 9.59 Å². The van der Waals surface area contributed by atoms with Crippen molar-refractivity contribution in [2.45, 2.75) is 32.2 Å². The number of aryl methyl sites for hydroxylation is 1. The van der Waals surface area contributed by atoms with E-state index in [2.05, 4.69) is 12.2 Å². The van der Waals surface area contributed by atoms with Crippen LogP contribution in [0.3, 0.4) is 0 Å². The quantitative estimate of drug-likeness (QED) is 0.542. The minimum absolute atomic E-state index is 0.0779. The van der Waals surface area contributed by atoms with Gasteiger partial charge in [0, 0.05) is 17.8 Å². The maximum Gasteiger partial charge on any atom is 0.229 e. The Balaban J connectivity index is 1.69. The Bertz CT molecular complexity index is 1110. The zero-order valence-corrected chi connectivity index (χ0v) is 18.8. The fraction of sp³-hybridized carbons (Fsp3) is 0.259. The lowest BCUT2D eigenvalue weighted by Crippen LogP contribution is -2.47. The number of methoxy groups -OCH3 is 1. The number of piperidine rings is 1. The minimum Gasteiger partial charge on any atom is -0.497 e. The Morgan fingerprint density at radius 1 is 1.03 bits per heavy atom. The van der Waals surface area contributed by atoms with Gasteiger partial charge >= 0.3 is 0 Å². The Morgan fingerprint density at radius 2 is 1.70 bits per heavy atom. The molecule has 0 aliphatic carbocycles. The zero-order chi connectivity index (χ0) is 23.4. The summed E-state index contributed by atoms with van der Waals surface area (Å²) >= 11 is 0. The van der Waals surface area contributed by atoms with Gasteiger partial charge in [-0.1, -0.05) is 31.2 Å². The Morgan fingerprint density at radius 3 is 2.30 bits per heavy atom. The standard InChI is InChI=1S/C27H27FN2O3/c1-3-18-4-10-21(11-5-18)29-27(32)24-16-17-25(31)30(22-12-14-23(33-2)15-13-22)26(24)19-6-8-20(28)9-7-19/h4-15,24,26H,3,16-17H2,1-2H3,(H,29,32)/t24-,26-/m0/s1. The number of nitrogens with one attached hydrogen (secondary N) is 1. The summed E-state index contributed by atoms with van der Waals surface area (Å²) in [5.74, 6) is -0.438. The number of ether oxygens (including phenoxy) is 1. The van der Waals surface area contributed by atoms with E-state index >= 15 is 0 Å². The molecule has 0 bridgehead atoms. The predicted molar refractivity (Wildman–Crippen MR) is 127 cm³/mol. The third-order valence-electron chi connectivity index (χ3n) is 6.13. The Hall–Kier alpha value is -3.67. The number of rotatable bonds is 6. The van der Waals surface area contributed by atoms with E-state index < -0.39 is 12.0 Å². The predicted octanol–water partition coefficient (Wildman–Crippen LogP) is 5.52. The molecule has 170 valence electrons. The minimum atomic E-state index is -0.560. The second-order valence-corrected chi connectivity index (χ2v) is 8.14. The number of carbonyl (C=O) groups excluding carboxylic acids is 2. The molecule has 0 aromatic heterocycles. The number of carbonyl (C=O) groups is 2. The molecule has 0 unspecified atom stereocenters. The van der Waals surface area contributed by atoms with Gasteiger partial charge in [0.2, 0.25) is 11.8 Å². The van der Waals surface area contributed by atoms with Crippen LogP contribution in [0.25, 0.3) is 0 Å². The van der Waals surface area contributed by atoms with E-state index in [9.17, 15) is 14.0 Å². The smallest absolute Gasteiger partial charge is 0.229 e. The lowest BCUT2D eigenvalue weighted by atomic mass is 9.83. The molecule has 0 saturated carbocycles. The highest BCUT2D eigenvalue weighted by Gasteiger charge is 2.41. The summed E-state index contributed by atoms with van der Waals surface area (Å²) in [6.07, 6.45) is 1.57. The largest absolute Gasteiger partial charge is 0.497 e. The molecule has 3 aromatic carbocycles. The molecule has 2 atom stereocenters. The van der Waals surface area contributed by atoms with Gasteiger partial charge in [-0.05, 0) is 72.5 Å². The van der Waals surface area contributed by atoms with Crippen LogP contribution in [0.5, 0.6) is 5.75 Å². The molecule has 1 saturated heterocycles. The van der Waals surface area contributed by atoms with Crippen molar-refractivity contribution >= 4 is 23.2 Å². The van der Waals surface area contributed by atoms with Crippen LogP contribution < -0.4 is 15.0 Å². The SMILES string of the molecule is CCc1ccc(NC(=O)[C@H]2CCC(=O)N(c3ccc(OC)cc3)[C@H]2c2ccc(F)cc2)cc1. The first kappa shape index (κ1) is 22.5. The number of nitrogens with zero attached hydrogens (tertiary/aromatic N) is 1. The normalized spacial score (nSPS) is 18.2. The van der Waals surface area contributed by atoms with E-state index in [1.54, 1.807) is 48.4 Å². The van der Waals surface area contributed by atoms with E-state index in [0.717, 1.165) is 6.42 Å². The van der Waals surface area contributed by atoms with Crippen molar-refractivity contribution < 1.29 is 18.7 Å². The highest BCUT2D eigenvalue weighted by atomic mass is 19.1. The summed E-state index contributed by atoms with van der Waals surface area (Å²) < 4.78 is 18.9. The first-order chi connectivity index (χ1) is 16.0. The zero-order valence-electron chi connectivity index (χ0n) is 18.8. The van der Waals surface area contributed by atoms with Crippen molar-refractivity contribution in [3.8, 4) is 5.75 Å². The number of hydrogen-bond acceptors (Lipinski definition) is 3. The Labute approximate surface area is 193 Å². The highest BCUT2D eigenvalue weighted by molar-refractivity contribution is 6.00.